The number of urea groups is 1. The zero-order valence-electron chi connectivity index (χ0n) is 15.5. The Morgan fingerprint density at radius 1 is 1.31 bits per heavy atom. The summed E-state index contributed by atoms with van der Waals surface area (Å²) in [5.41, 5.74) is 1.22. The van der Waals surface area contributed by atoms with Gasteiger partial charge in [0.1, 0.15) is 4.83 Å². The van der Waals surface area contributed by atoms with Crippen molar-refractivity contribution in [2.45, 2.75) is 51.6 Å². The van der Waals surface area contributed by atoms with Crippen LogP contribution in [0.2, 0.25) is 0 Å². The number of rotatable bonds is 2. The van der Waals surface area contributed by atoms with E-state index < -0.39 is 0 Å². The smallest absolute Gasteiger partial charge is 0.319 e. The van der Waals surface area contributed by atoms with Crippen LogP contribution in [0.4, 0.5) is 4.79 Å². The van der Waals surface area contributed by atoms with Gasteiger partial charge in [0.25, 0.3) is 5.56 Å². The van der Waals surface area contributed by atoms with Gasteiger partial charge in [0.05, 0.1) is 18.3 Å². The molecule has 0 aromatic carbocycles. The molecule has 0 saturated heterocycles. The molecule has 140 valence electrons. The van der Waals surface area contributed by atoms with Crippen LogP contribution in [0.25, 0.3) is 10.2 Å². The maximum atomic E-state index is 13.1. The highest BCUT2D eigenvalue weighted by molar-refractivity contribution is 7.18. The maximum absolute atomic E-state index is 13.1. The Morgan fingerprint density at radius 3 is 2.81 bits per heavy atom. The lowest BCUT2D eigenvalue weighted by atomic mass is 9.89. The Labute approximate surface area is 157 Å². The summed E-state index contributed by atoms with van der Waals surface area (Å²) in [6.45, 7) is 2.03. The summed E-state index contributed by atoms with van der Waals surface area (Å²) in [5, 5.41) is 0.792. The summed E-state index contributed by atoms with van der Waals surface area (Å²) in [6, 6.07) is 0.0239. The van der Waals surface area contributed by atoms with E-state index in [-0.39, 0.29) is 11.6 Å². The Kier molecular flexibility index (Phi) is 4.73. The molecule has 2 aromatic rings. The molecule has 6 nitrogen and oxygen atoms in total. The second-order valence-corrected chi connectivity index (χ2v) is 8.82. The molecule has 1 saturated carbocycles. The maximum Gasteiger partial charge on any atom is 0.319 e. The van der Waals surface area contributed by atoms with E-state index in [1.54, 1.807) is 36.7 Å². The minimum Gasteiger partial charge on any atom is -0.331 e. The van der Waals surface area contributed by atoms with Gasteiger partial charge in [-0.1, -0.05) is 19.3 Å². The first-order valence-corrected chi connectivity index (χ1v) is 10.3. The molecule has 3 heterocycles. The second-order valence-electron chi connectivity index (χ2n) is 7.74. The Morgan fingerprint density at radius 2 is 2.08 bits per heavy atom. The highest BCUT2D eigenvalue weighted by Crippen LogP contribution is 2.32. The summed E-state index contributed by atoms with van der Waals surface area (Å²) < 4.78 is 1.82. The van der Waals surface area contributed by atoms with Crippen LogP contribution in [0.3, 0.4) is 0 Å². The first kappa shape index (κ1) is 17.5. The van der Waals surface area contributed by atoms with Gasteiger partial charge in [-0.2, -0.15) is 0 Å². The Balaban J connectivity index is 1.64. The molecule has 2 amide bonds. The number of carbonyl (C=O) groups is 1. The van der Waals surface area contributed by atoms with E-state index in [4.69, 9.17) is 0 Å². The molecule has 7 heteroatoms. The average Bonchev–Trinajstić information content (AvgIpc) is 3.02. The van der Waals surface area contributed by atoms with Crippen LogP contribution in [0.5, 0.6) is 0 Å². The van der Waals surface area contributed by atoms with Gasteiger partial charge < -0.3 is 9.80 Å². The van der Waals surface area contributed by atoms with Crippen LogP contribution >= 0.6 is 11.3 Å². The Bertz CT molecular complexity index is 880. The lowest BCUT2D eigenvalue weighted by molar-refractivity contribution is 0.166. The number of hydrogen-bond acceptors (Lipinski definition) is 4. The van der Waals surface area contributed by atoms with Gasteiger partial charge in [-0.15, -0.1) is 11.3 Å². The minimum atomic E-state index is 0.0239. The molecule has 0 atom stereocenters. The molecule has 0 unspecified atom stereocenters. The highest BCUT2D eigenvalue weighted by Gasteiger charge is 2.27. The van der Waals surface area contributed by atoms with Crippen molar-refractivity contribution in [2.24, 2.45) is 5.92 Å². The van der Waals surface area contributed by atoms with E-state index in [1.165, 1.54) is 32.1 Å². The third kappa shape index (κ3) is 3.13. The number of amides is 2. The van der Waals surface area contributed by atoms with Gasteiger partial charge in [0, 0.05) is 32.1 Å². The van der Waals surface area contributed by atoms with Crippen molar-refractivity contribution in [2.75, 3.05) is 20.6 Å². The van der Waals surface area contributed by atoms with Gasteiger partial charge in [0.15, 0.2) is 0 Å². The SMILES string of the molecule is CN(C)C(=O)N1CCc2c(sc3ncn(CC4CCCCC4)c(=O)c23)C1. The molecule has 0 N–H and O–H groups in total. The van der Waals surface area contributed by atoms with Crippen LogP contribution in [0, 0.1) is 5.92 Å². The van der Waals surface area contributed by atoms with E-state index in [0.29, 0.717) is 19.0 Å². The van der Waals surface area contributed by atoms with Crippen molar-refractivity contribution < 1.29 is 4.79 Å². The fourth-order valence-electron chi connectivity index (χ4n) is 4.24. The molecule has 2 aliphatic rings. The van der Waals surface area contributed by atoms with E-state index in [0.717, 1.165) is 33.6 Å². The van der Waals surface area contributed by atoms with Crippen molar-refractivity contribution >= 4 is 27.6 Å². The van der Waals surface area contributed by atoms with E-state index in [1.807, 2.05) is 9.47 Å². The van der Waals surface area contributed by atoms with E-state index in [2.05, 4.69) is 4.98 Å². The van der Waals surface area contributed by atoms with Gasteiger partial charge in [-0.3, -0.25) is 9.36 Å². The number of hydrogen-bond donors (Lipinski definition) is 0. The molecule has 2 aromatic heterocycles. The monoisotopic (exact) mass is 374 g/mol. The predicted molar refractivity (Wildman–Crippen MR) is 104 cm³/mol. The first-order chi connectivity index (χ1) is 12.5. The molecule has 0 bridgehead atoms. The zero-order valence-corrected chi connectivity index (χ0v) is 16.3. The lowest BCUT2D eigenvalue weighted by Crippen LogP contribution is -2.41. The van der Waals surface area contributed by atoms with Crippen LogP contribution in [-0.4, -0.2) is 46.0 Å². The molecule has 1 aliphatic heterocycles. The molecule has 1 aliphatic carbocycles. The normalized spacial score (nSPS) is 18.2. The topological polar surface area (TPSA) is 58.4 Å². The number of carbonyl (C=O) groups excluding carboxylic acids is 1. The second kappa shape index (κ2) is 7.02. The molecule has 4 rings (SSSR count). The van der Waals surface area contributed by atoms with Crippen molar-refractivity contribution in [1.82, 2.24) is 19.4 Å². The molecule has 1 fully saturated rings. The fourth-order valence-corrected chi connectivity index (χ4v) is 5.44. The van der Waals surface area contributed by atoms with Crippen LogP contribution < -0.4 is 5.56 Å². The number of nitrogens with zero attached hydrogens (tertiary/aromatic N) is 4. The number of fused-ring (bicyclic) bond motifs is 3. The zero-order chi connectivity index (χ0) is 18.3. The van der Waals surface area contributed by atoms with Gasteiger partial charge in [0.2, 0.25) is 0 Å². The van der Waals surface area contributed by atoms with Crippen molar-refractivity contribution in [3.05, 3.63) is 27.1 Å². The lowest BCUT2D eigenvalue weighted by Gasteiger charge is -2.29. The van der Waals surface area contributed by atoms with Gasteiger partial charge >= 0.3 is 6.03 Å². The van der Waals surface area contributed by atoms with E-state index in [9.17, 15) is 9.59 Å². The number of aromatic nitrogens is 2. The van der Waals surface area contributed by atoms with Gasteiger partial charge in [-0.05, 0) is 30.7 Å². The summed E-state index contributed by atoms with van der Waals surface area (Å²) in [4.78, 5) is 35.3. The summed E-state index contributed by atoms with van der Waals surface area (Å²) in [6.07, 6.45) is 8.77. The van der Waals surface area contributed by atoms with E-state index >= 15 is 0 Å². The van der Waals surface area contributed by atoms with Crippen LogP contribution in [0.1, 0.15) is 42.5 Å². The molecular formula is C19H26N4O2S. The quantitative estimate of drug-likeness (QED) is 0.812. The summed E-state index contributed by atoms with van der Waals surface area (Å²) in [7, 11) is 3.54. The third-order valence-electron chi connectivity index (χ3n) is 5.66. The highest BCUT2D eigenvalue weighted by atomic mass is 32.1. The molecule has 0 spiro atoms. The van der Waals surface area contributed by atoms with Crippen molar-refractivity contribution in [3.8, 4) is 0 Å². The summed E-state index contributed by atoms with van der Waals surface area (Å²) >= 11 is 1.56. The van der Waals surface area contributed by atoms with Crippen molar-refractivity contribution in [3.63, 3.8) is 0 Å². The summed E-state index contributed by atoms with van der Waals surface area (Å²) in [5.74, 6) is 0.600. The molecule has 0 radical (unpaired) electrons. The van der Waals surface area contributed by atoms with Gasteiger partial charge in [-0.25, -0.2) is 9.78 Å². The van der Waals surface area contributed by atoms with Crippen molar-refractivity contribution in [1.29, 1.82) is 0 Å². The Hall–Kier alpha value is -1.89. The molecular weight excluding hydrogens is 348 g/mol. The fraction of sp³-hybridized carbons (Fsp3) is 0.632. The molecule has 26 heavy (non-hydrogen) atoms. The van der Waals surface area contributed by atoms with Crippen LogP contribution in [-0.2, 0) is 19.5 Å². The largest absolute Gasteiger partial charge is 0.331 e. The average molecular weight is 375 g/mol. The third-order valence-corrected chi connectivity index (χ3v) is 6.78. The number of thiophene rings is 1. The first-order valence-electron chi connectivity index (χ1n) is 9.50. The standard InChI is InChI=1S/C19H26N4O2S/c1-21(2)19(25)22-9-8-14-15(11-22)26-17-16(14)18(24)23(12-20-17)10-13-6-4-3-5-7-13/h12-13H,3-11H2,1-2H3. The minimum absolute atomic E-state index is 0.0239. The van der Waals surface area contributed by atoms with Crippen LogP contribution in [0.15, 0.2) is 11.1 Å². The predicted octanol–water partition coefficient (Wildman–Crippen LogP) is 3.08.